The van der Waals surface area contributed by atoms with Gasteiger partial charge in [0.2, 0.25) is 0 Å². The number of nitrogens with zero attached hydrogens (tertiary/aromatic N) is 1. The van der Waals surface area contributed by atoms with Gasteiger partial charge in [0.05, 0.1) is 4.90 Å². The van der Waals surface area contributed by atoms with E-state index in [2.05, 4.69) is 0 Å². The number of carbonyl (C=O) groups excluding carboxylic acids is 1. The second-order valence-electron chi connectivity index (χ2n) is 6.56. The van der Waals surface area contributed by atoms with Crippen LogP contribution in [-0.4, -0.2) is 32.6 Å². The lowest BCUT2D eigenvalue weighted by Crippen LogP contribution is -2.19. The maximum Gasteiger partial charge on any atom is 0.356 e. The minimum atomic E-state index is -4.09. The fraction of sp³-hybridized carbons (Fsp3) is 0.136. The Kier molecular flexibility index (Phi) is 7.48. The quantitative estimate of drug-likeness (QED) is 0.331. The van der Waals surface area contributed by atoms with Crippen LogP contribution in [0.2, 0.25) is 0 Å². The summed E-state index contributed by atoms with van der Waals surface area (Å²) >= 11 is 0. The van der Waals surface area contributed by atoms with Crippen LogP contribution >= 0.6 is 7.60 Å². The highest BCUT2D eigenvalue weighted by Gasteiger charge is 2.25. The zero-order chi connectivity index (χ0) is 23.2. The first-order valence-electron chi connectivity index (χ1n) is 9.43. The Morgan fingerprint density at radius 2 is 1.59 bits per heavy atom. The lowest BCUT2D eigenvalue weighted by Gasteiger charge is -2.10. The van der Waals surface area contributed by atoms with Crippen molar-refractivity contribution in [3.8, 4) is 0 Å². The van der Waals surface area contributed by atoms with Crippen molar-refractivity contribution < 1.29 is 31.6 Å². The third-order valence-corrected chi connectivity index (χ3v) is 7.71. The predicted molar refractivity (Wildman–Crippen MR) is 120 cm³/mol. The van der Waals surface area contributed by atoms with Gasteiger partial charge in [-0.25, -0.2) is 17.2 Å². The molecule has 0 unspecified atom stereocenters. The Morgan fingerprint density at radius 1 is 1.00 bits per heavy atom. The second kappa shape index (κ2) is 10.1. The number of carbonyl (C=O) groups is 1. The standard InChI is InChI=1S/C22H22NO7PS/c1-28-31(25,29-2)14-13-19-15-21(22(24)30-17-18-9-5-3-6-10-18)23(16-19)32(26,27)20-11-7-4-8-12-20/h3-16H,17H2,1-2H3/b14-13+. The third kappa shape index (κ3) is 5.44. The highest BCUT2D eigenvalue weighted by atomic mass is 32.2. The van der Waals surface area contributed by atoms with E-state index >= 15 is 0 Å². The molecule has 0 bridgehead atoms. The molecule has 2 aromatic carbocycles. The second-order valence-corrected chi connectivity index (χ2v) is 10.5. The van der Waals surface area contributed by atoms with Crippen LogP contribution in [0.4, 0.5) is 0 Å². The number of benzene rings is 2. The van der Waals surface area contributed by atoms with E-state index in [1.54, 1.807) is 42.5 Å². The summed E-state index contributed by atoms with van der Waals surface area (Å²) in [5, 5.41) is 0. The lowest BCUT2D eigenvalue weighted by atomic mass is 10.2. The van der Waals surface area contributed by atoms with Gasteiger partial charge in [-0.3, -0.25) is 4.57 Å². The monoisotopic (exact) mass is 475 g/mol. The van der Waals surface area contributed by atoms with Gasteiger partial charge in [-0.1, -0.05) is 48.5 Å². The molecule has 0 fully saturated rings. The Labute approximate surface area is 186 Å². The molecule has 0 amide bonds. The SMILES string of the molecule is COP(=O)(/C=C/c1cc(C(=O)OCc2ccccc2)n(S(=O)(=O)c2ccccc2)c1)OC. The average Bonchev–Trinajstić information content (AvgIpc) is 3.28. The molecule has 0 N–H and O–H groups in total. The highest BCUT2D eigenvalue weighted by Crippen LogP contribution is 2.48. The number of hydrogen-bond donors (Lipinski definition) is 0. The summed E-state index contributed by atoms with van der Waals surface area (Å²) in [6, 6.07) is 18.0. The van der Waals surface area contributed by atoms with Crippen LogP contribution in [0.25, 0.3) is 6.08 Å². The van der Waals surface area contributed by atoms with Crippen LogP contribution in [0.1, 0.15) is 21.6 Å². The molecule has 1 aromatic heterocycles. The molecule has 0 aliphatic carbocycles. The Morgan fingerprint density at radius 3 is 2.19 bits per heavy atom. The van der Waals surface area contributed by atoms with Gasteiger partial charge in [-0.2, -0.15) is 0 Å². The predicted octanol–water partition coefficient (Wildman–Crippen LogP) is 4.54. The van der Waals surface area contributed by atoms with Gasteiger partial charge < -0.3 is 13.8 Å². The van der Waals surface area contributed by atoms with Gasteiger partial charge in [-0.05, 0) is 35.4 Å². The molecule has 0 saturated carbocycles. The van der Waals surface area contributed by atoms with Crippen LogP contribution < -0.4 is 0 Å². The summed E-state index contributed by atoms with van der Waals surface area (Å²) in [6.45, 7) is -0.0238. The summed E-state index contributed by atoms with van der Waals surface area (Å²) in [5.41, 5.74) is 0.853. The molecule has 10 heteroatoms. The van der Waals surface area contributed by atoms with Crippen molar-refractivity contribution in [1.29, 1.82) is 0 Å². The summed E-state index contributed by atoms with van der Waals surface area (Å²) in [4.78, 5) is 12.8. The molecular formula is C22H22NO7PS. The zero-order valence-electron chi connectivity index (χ0n) is 17.5. The third-order valence-electron chi connectivity index (χ3n) is 4.49. The van der Waals surface area contributed by atoms with Crippen LogP contribution in [-0.2, 0) is 35.0 Å². The molecular weight excluding hydrogens is 453 g/mol. The fourth-order valence-corrected chi connectivity index (χ4v) is 4.90. The first kappa shape index (κ1) is 23.7. The molecule has 3 rings (SSSR count). The largest absolute Gasteiger partial charge is 0.456 e. The lowest BCUT2D eigenvalue weighted by molar-refractivity contribution is 0.0464. The Hall–Kier alpha value is -2.97. The first-order valence-corrected chi connectivity index (χ1v) is 12.5. The van der Waals surface area contributed by atoms with Gasteiger partial charge in [0.15, 0.2) is 0 Å². The van der Waals surface area contributed by atoms with Gasteiger partial charge in [0.25, 0.3) is 10.0 Å². The summed E-state index contributed by atoms with van der Waals surface area (Å²) < 4.78 is 54.5. The minimum absolute atomic E-state index is 0.00249. The summed E-state index contributed by atoms with van der Waals surface area (Å²) in [6.07, 6.45) is 2.60. The maximum atomic E-state index is 13.2. The number of hydrogen-bond acceptors (Lipinski definition) is 7. The minimum Gasteiger partial charge on any atom is -0.456 e. The van der Waals surface area contributed by atoms with E-state index in [1.807, 2.05) is 6.07 Å². The van der Waals surface area contributed by atoms with E-state index < -0.39 is 23.6 Å². The van der Waals surface area contributed by atoms with E-state index in [9.17, 15) is 17.8 Å². The van der Waals surface area contributed by atoms with Crippen LogP contribution in [0.3, 0.4) is 0 Å². The smallest absolute Gasteiger partial charge is 0.356 e. The molecule has 32 heavy (non-hydrogen) atoms. The van der Waals surface area contributed by atoms with E-state index in [4.69, 9.17) is 13.8 Å². The van der Waals surface area contributed by atoms with Crippen LogP contribution in [0.5, 0.6) is 0 Å². The van der Waals surface area contributed by atoms with E-state index in [-0.39, 0.29) is 17.2 Å². The zero-order valence-corrected chi connectivity index (χ0v) is 19.2. The van der Waals surface area contributed by atoms with Crippen molar-refractivity contribution >= 4 is 29.7 Å². The van der Waals surface area contributed by atoms with E-state index in [0.717, 1.165) is 9.54 Å². The van der Waals surface area contributed by atoms with Gasteiger partial charge in [-0.15, -0.1) is 0 Å². The molecule has 0 spiro atoms. The van der Waals surface area contributed by atoms with Gasteiger partial charge in [0, 0.05) is 26.2 Å². The van der Waals surface area contributed by atoms with Crippen molar-refractivity contribution in [3.63, 3.8) is 0 Å². The first-order chi connectivity index (χ1) is 15.3. The van der Waals surface area contributed by atoms with Crippen molar-refractivity contribution in [2.75, 3.05) is 14.2 Å². The average molecular weight is 475 g/mol. The molecule has 3 aromatic rings. The molecule has 1 heterocycles. The van der Waals surface area contributed by atoms with E-state index in [1.165, 1.54) is 50.5 Å². The number of ether oxygens (including phenoxy) is 1. The normalized spacial score (nSPS) is 12.2. The van der Waals surface area contributed by atoms with Crippen molar-refractivity contribution in [3.05, 3.63) is 95.6 Å². The van der Waals surface area contributed by atoms with Crippen LogP contribution in [0.15, 0.2) is 83.6 Å². The molecule has 168 valence electrons. The summed E-state index contributed by atoms with van der Waals surface area (Å²) in [5.74, 6) is 0.357. The highest BCUT2D eigenvalue weighted by molar-refractivity contribution is 7.90. The Balaban J connectivity index is 2.00. The molecule has 0 radical (unpaired) electrons. The number of aromatic nitrogens is 1. The fourth-order valence-electron chi connectivity index (χ4n) is 2.78. The van der Waals surface area contributed by atoms with Gasteiger partial charge >= 0.3 is 13.6 Å². The molecule has 0 atom stereocenters. The van der Waals surface area contributed by atoms with Crippen molar-refractivity contribution in [2.24, 2.45) is 0 Å². The number of esters is 1. The maximum absolute atomic E-state index is 13.2. The van der Waals surface area contributed by atoms with Crippen molar-refractivity contribution in [1.82, 2.24) is 3.97 Å². The molecule has 8 nitrogen and oxygen atoms in total. The molecule has 0 aliphatic rings. The molecule has 0 aliphatic heterocycles. The Bertz CT molecular complexity index is 1240. The van der Waals surface area contributed by atoms with Crippen LogP contribution in [0, 0.1) is 0 Å². The number of rotatable bonds is 9. The van der Waals surface area contributed by atoms with E-state index in [0.29, 0.717) is 5.56 Å². The summed E-state index contributed by atoms with van der Waals surface area (Å²) in [7, 11) is -5.12. The van der Waals surface area contributed by atoms with Gasteiger partial charge in [0.1, 0.15) is 12.3 Å². The topological polar surface area (TPSA) is 101 Å². The molecule has 0 saturated heterocycles. The van der Waals surface area contributed by atoms with Crippen molar-refractivity contribution in [2.45, 2.75) is 11.5 Å².